The molecular formula is C6H9F3N2OS. The Labute approximate surface area is 77.4 Å². The maximum absolute atomic E-state index is 11.6. The second-order valence-corrected chi connectivity index (χ2v) is 3.84. The fourth-order valence-corrected chi connectivity index (χ4v) is 1.54. The number of carbonyl (C=O) groups excluding carboxylic acids is 1. The van der Waals surface area contributed by atoms with E-state index >= 15 is 0 Å². The first-order valence-corrected chi connectivity index (χ1v) is 4.64. The summed E-state index contributed by atoms with van der Waals surface area (Å²) in [5.74, 6) is -0.384. The van der Waals surface area contributed by atoms with Gasteiger partial charge in [0.05, 0.1) is 0 Å². The summed E-state index contributed by atoms with van der Waals surface area (Å²) in [5.41, 5.74) is 1.04. The van der Waals surface area contributed by atoms with Crippen molar-refractivity contribution in [2.75, 3.05) is 18.8 Å². The highest BCUT2D eigenvalue weighted by Gasteiger charge is 2.34. The van der Waals surface area contributed by atoms with Crippen LogP contribution < -0.4 is 5.73 Å². The van der Waals surface area contributed by atoms with Crippen LogP contribution in [0.25, 0.3) is 0 Å². The van der Waals surface area contributed by atoms with Gasteiger partial charge in [-0.25, -0.2) is 0 Å². The average molecular weight is 214 g/mol. The number of hydrogen-bond donors (Lipinski definition) is 1. The molecule has 0 aliphatic carbocycles. The van der Waals surface area contributed by atoms with Crippen LogP contribution in [0.3, 0.4) is 0 Å². The van der Waals surface area contributed by atoms with Crippen LogP contribution in [0.2, 0.25) is 0 Å². The molecule has 0 aromatic carbocycles. The highest BCUT2D eigenvalue weighted by atomic mass is 32.2. The van der Waals surface area contributed by atoms with Gasteiger partial charge in [0.25, 0.3) is 0 Å². The van der Waals surface area contributed by atoms with Crippen LogP contribution >= 0.6 is 11.8 Å². The lowest BCUT2D eigenvalue weighted by Gasteiger charge is -2.36. The summed E-state index contributed by atoms with van der Waals surface area (Å²) in [6.07, 6.45) is 0. The van der Waals surface area contributed by atoms with Crippen LogP contribution in [-0.2, 0) is 4.79 Å². The molecule has 1 aliphatic rings. The van der Waals surface area contributed by atoms with E-state index in [9.17, 15) is 18.0 Å². The number of alkyl halides is 3. The van der Waals surface area contributed by atoms with E-state index in [1.807, 2.05) is 0 Å². The zero-order valence-corrected chi connectivity index (χ0v) is 7.49. The number of halogens is 3. The lowest BCUT2D eigenvalue weighted by atomic mass is 10.1. The predicted molar refractivity (Wildman–Crippen MR) is 43.1 cm³/mol. The fraction of sp³-hybridized carbons (Fsp3) is 0.833. The maximum Gasteiger partial charge on any atom is 0.441 e. The number of likely N-dealkylation sites (tertiary alicyclic amines) is 1. The fourth-order valence-electron chi connectivity index (χ4n) is 1.00. The SMILES string of the molecule is NC1CN(CCSC(F)(F)F)C1=O. The van der Waals surface area contributed by atoms with Crippen LogP contribution in [0.1, 0.15) is 0 Å². The highest BCUT2D eigenvalue weighted by molar-refractivity contribution is 8.00. The van der Waals surface area contributed by atoms with Crippen molar-refractivity contribution in [3.63, 3.8) is 0 Å². The topological polar surface area (TPSA) is 46.3 Å². The number of thioether (sulfide) groups is 1. The van der Waals surface area contributed by atoms with Crippen molar-refractivity contribution in [2.45, 2.75) is 11.6 Å². The van der Waals surface area contributed by atoms with Gasteiger partial charge in [0.15, 0.2) is 0 Å². The van der Waals surface area contributed by atoms with Crippen molar-refractivity contribution in [3.8, 4) is 0 Å². The van der Waals surface area contributed by atoms with Gasteiger partial charge in [-0.1, -0.05) is 0 Å². The molecule has 0 radical (unpaired) electrons. The second-order valence-electron chi connectivity index (χ2n) is 2.68. The van der Waals surface area contributed by atoms with E-state index in [1.165, 1.54) is 4.90 Å². The third kappa shape index (κ3) is 3.07. The van der Waals surface area contributed by atoms with Crippen LogP contribution in [-0.4, -0.2) is 41.2 Å². The minimum absolute atomic E-state index is 0.120. The molecule has 0 spiro atoms. The molecule has 13 heavy (non-hydrogen) atoms. The lowest BCUT2D eigenvalue weighted by molar-refractivity contribution is -0.141. The monoisotopic (exact) mass is 214 g/mol. The number of amides is 1. The van der Waals surface area contributed by atoms with Gasteiger partial charge in [-0.15, -0.1) is 0 Å². The van der Waals surface area contributed by atoms with Crippen LogP contribution in [0, 0.1) is 0 Å². The summed E-state index contributed by atoms with van der Waals surface area (Å²) in [6, 6.07) is -0.504. The van der Waals surface area contributed by atoms with Crippen LogP contribution in [0.15, 0.2) is 0 Å². The molecule has 0 saturated carbocycles. The Morgan fingerprint density at radius 3 is 2.62 bits per heavy atom. The van der Waals surface area contributed by atoms with Gasteiger partial charge in [-0.2, -0.15) is 13.2 Å². The van der Waals surface area contributed by atoms with Crippen LogP contribution in [0.5, 0.6) is 0 Å². The number of hydrogen-bond acceptors (Lipinski definition) is 3. The zero-order chi connectivity index (χ0) is 10.1. The van der Waals surface area contributed by atoms with Crippen molar-refractivity contribution in [1.82, 2.24) is 4.90 Å². The molecule has 0 bridgehead atoms. The molecule has 1 heterocycles. The third-order valence-corrected chi connectivity index (χ3v) is 2.39. The zero-order valence-electron chi connectivity index (χ0n) is 6.67. The van der Waals surface area contributed by atoms with Gasteiger partial charge in [0.2, 0.25) is 5.91 Å². The van der Waals surface area contributed by atoms with Crippen molar-refractivity contribution in [2.24, 2.45) is 5.73 Å². The first kappa shape index (κ1) is 10.6. The Morgan fingerprint density at radius 1 is 1.62 bits per heavy atom. The molecule has 76 valence electrons. The largest absolute Gasteiger partial charge is 0.441 e. The van der Waals surface area contributed by atoms with Crippen molar-refractivity contribution in [1.29, 1.82) is 0 Å². The number of β-lactam (4-membered cyclic amide) rings is 1. The molecule has 2 N–H and O–H groups in total. The summed E-state index contributed by atoms with van der Waals surface area (Å²) in [5, 5.41) is 0. The smallest absolute Gasteiger partial charge is 0.338 e. The molecule has 3 nitrogen and oxygen atoms in total. The summed E-state index contributed by atoms with van der Waals surface area (Å²) in [4.78, 5) is 12.2. The van der Waals surface area contributed by atoms with Gasteiger partial charge < -0.3 is 10.6 Å². The van der Waals surface area contributed by atoms with Gasteiger partial charge in [0.1, 0.15) is 6.04 Å². The molecule has 1 aliphatic heterocycles. The quantitative estimate of drug-likeness (QED) is 0.692. The first-order chi connectivity index (χ1) is 5.90. The molecule has 1 saturated heterocycles. The Bertz CT molecular complexity index is 209. The number of carbonyl (C=O) groups is 1. The molecule has 1 fully saturated rings. The third-order valence-electron chi connectivity index (χ3n) is 1.67. The van der Waals surface area contributed by atoms with Gasteiger partial charge in [-0.05, 0) is 11.8 Å². The van der Waals surface area contributed by atoms with Crippen molar-refractivity contribution >= 4 is 17.7 Å². The molecular weight excluding hydrogens is 205 g/mol. The summed E-state index contributed by atoms with van der Waals surface area (Å²) < 4.78 is 34.9. The van der Waals surface area contributed by atoms with E-state index in [0.29, 0.717) is 6.54 Å². The molecule has 0 aromatic heterocycles. The molecule has 1 unspecified atom stereocenters. The van der Waals surface area contributed by atoms with E-state index in [1.54, 1.807) is 0 Å². The minimum atomic E-state index is -4.21. The molecule has 1 rings (SSSR count). The maximum atomic E-state index is 11.6. The summed E-state index contributed by atoms with van der Waals surface area (Å²) in [6.45, 7) is 0.494. The minimum Gasteiger partial charge on any atom is -0.338 e. The molecule has 0 aromatic rings. The average Bonchev–Trinajstić information content (AvgIpc) is 2.00. The van der Waals surface area contributed by atoms with E-state index in [-0.39, 0.29) is 30.0 Å². The van der Waals surface area contributed by atoms with Gasteiger partial charge >= 0.3 is 5.51 Å². The Balaban J connectivity index is 2.11. The van der Waals surface area contributed by atoms with Crippen LogP contribution in [0.4, 0.5) is 13.2 Å². The van der Waals surface area contributed by atoms with E-state index < -0.39 is 11.6 Å². The van der Waals surface area contributed by atoms with Gasteiger partial charge in [-0.3, -0.25) is 4.79 Å². The number of nitrogens with zero attached hydrogens (tertiary/aromatic N) is 1. The number of nitrogens with two attached hydrogens (primary N) is 1. The highest BCUT2D eigenvalue weighted by Crippen LogP contribution is 2.30. The van der Waals surface area contributed by atoms with E-state index in [2.05, 4.69) is 0 Å². The standard InChI is InChI=1S/C6H9F3N2OS/c7-6(8,9)13-2-1-11-3-4(10)5(11)12/h4H,1-3,10H2. The summed E-state index contributed by atoms with van der Waals surface area (Å²) in [7, 11) is 0. The number of rotatable bonds is 3. The molecule has 1 amide bonds. The van der Waals surface area contributed by atoms with E-state index in [4.69, 9.17) is 5.73 Å². The van der Waals surface area contributed by atoms with E-state index in [0.717, 1.165) is 0 Å². The molecule has 7 heteroatoms. The Kier molecular flexibility index (Phi) is 3.07. The molecule has 1 atom stereocenters. The lowest BCUT2D eigenvalue weighted by Crippen LogP contribution is -2.61. The van der Waals surface area contributed by atoms with Crippen molar-refractivity contribution in [3.05, 3.63) is 0 Å². The first-order valence-electron chi connectivity index (χ1n) is 3.65. The van der Waals surface area contributed by atoms with Gasteiger partial charge in [0, 0.05) is 18.8 Å². The summed E-state index contributed by atoms with van der Waals surface area (Å²) >= 11 is -0.120. The normalized spacial score (nSPS) is 23.2. The second kappa shape index (κ2) is 3.75. The predicted octanol–water partition coefficient (Wildman–Crippen LogP) is 0.409. The Morgan fingerprint density at radius 2 is 2.23 bits per heavy atom. The van der Waals surface area contributed by atoms with Crippen molar-refractivity contribution < 1.29 is 18.0 Å². The Hall–Kier alpha value is -0.430.